The minimum Gasteiger partial charge on any atom is -0.299 e. The molecule has 2 atom stereocenters. The van der Waals surface area contributed by atoms with E-state index in [4.69, 9.17) is 0 Å². The highest BCUT2D eigenvalue weighted by atomic mass is 32.2. The minimum absolute atomic E-state index is 0.0435. The van der Waals surface area contributed by atoms with E-state index in [9.17, 15) is 18.5 Å². The van der Waals surface area contributed by atoms with Gasteiger partial charge in [0.05, 0.1) is 15.6 Å². The van der Waals surface area contributed by atoms with Gasteiger partial charge in [0.2, 0.25) is 0 Å². The summed E-state index contributed by atoms with van der Waals surface area (Å²) in [5, 5.41) is 10.5. The highest BCUT2D eigenvalue weighted by Crippen LogP contribution is 2.24. The van der Waals surface area contributed by atoms with Gasteiger partial charge in [-0.25, -0.2) is 8.42 Å². The van der Waals surface area contributed by atoms with E-state index in [1.807, 2.05) is 0 Å². The van der Waals surface area contributed by atoms with Gasteiger partial charge >= 0.3 is 0 Å². The number of rotatable bonds is 5. The number of likely N-dealkylation sites (tertiary alicyclic amines) is 1. The fraction of sp³-hybridized carbons (Fsp3) is 0.538. The standard InChI is InChI=1S/C13H18N2O4S/c1-10-9-14(11(10)2)7-8-20(18,19)13-5-3-12(4-6-13)15(16)17/h3-6,10-11H,7-9H2,1-2H3/t10-,11+/m0/s1. The van der Waals surface area contributed by atoms with Gasteiger partial charge < -0.3 is 0 Å². The lowest BCUT2D eigenvalue weighted by Gasteiger charge is -2.44. The van der Waals surface area contributed by atoms with Gasteiger partial charge in [0.1, 0.15) is 0 Å². The second-order valence-corrected chi connectivity index (χ2v) is 7.39. The summed E-state index contributed by atoms with van der Waals surface area (Å²) >= 11 is 0. The lowest BCUT2D eigenvalue weighted by Crippen LogP contribution is -2.54. The van der Waals surface area contributed by atoms with Crippen LogP contribution in [-0.2, 0) is 9.84 Å². The molecule has 0 unspecified atom stereocenters. The molecule has 0 amide bonds. The second kappa shape index (κ2) is 5.49. The predicted molar refractivity (Wildman–Crippen MR) is 75.3 cm³/mol. The first kappa shape index (κ1) is 14.9. The molecule has 0 radical (unpaired) electrons. The van der Waals surface area contributed by atoms with Crippen molar-refractivity contribution >= 4 is 15.5 Å². The molecule has 0 spiro atoms. The molecule has 1 aliphatic heterocycles. The number of hydrogen-bond acceptors (Lipinski definition) is 5. The molecule has 0 aromatic heterocycles. The molecule has 0 saturated carbocycles. The van der Waals surface area contributed by atoms with Crippen LogP contribution >= 0.6 is 0 Å². The average Bonchev–Trinajstić information content (AvgIpc) is 2.43. The first-order valence-corrected chi connectivity index (χ1v) is 8.18. The molecule has 0 bridgehead atoms. The fourth-order valence-corrected chi connectivity index (χ4v) is 3.60. The molecule has 110 valence electrons. The topological polar surface area (TPSA) is 80.5 Å². The largest absolute Gasteiger partial charge is 0.299 e. The summed E-state index contributed by atoms with van der Waals surface area (Å²) in [7, 11) is -3.38. The van der Waals surface area contributed by atoms with Crippen LogP contribution in [0.15, 0.2) is 29.2 Å². The van der Waals surface area contributed by atoms with Crippen molar-refractivity contribution < 1.29 is 13.3 Å². The Morgan fingerprint density at radius 3 is 2.35 bits per heavy atom. The van der Waals surface area contributed by atoms with Crippen molar-refractivity contribution in [3.05, 3.63) is 34.4 Å². The Balaban J connectivity index is 2.01. The molecule has 2 rings (SSSR count). The maximum absolute atomic E-state index is 12.1. The summed E-state index contributed by atoms with van der Waals surface area (Å²) in [4.78, 5) is 12.3. The maximum Gasteiger partial charge on any atom is 0.269 e. The number of sulfone groups is 1. The SMILES string of the molecule is C[C@@H]1[C@@H](C)CN1CCS(=O)(=O)c1ccc([N+](=O)[O-])cc1. The normalized spacial score (nSPS) is 23.3. The molecule has 0 aliphatic carbocycles. The number of nitrogens with zero attached hydrogens (tertiary/aromatic N) is 2. The number of non-ortho nitro benzene ring substituents is 1. The van der Waals surface area contributed by atoms with E-state index >= 15 is 0 Å². The summed E-state index contributed by atoms with van der Waals surface area (Å²) < 4.78 is 24.3. The van der Waals surface area contributed by atoms with E-state index in [1.165, 1.54) is 24.3 Å². The van der Waals surface area contributed by atoms with E-state index < -0.39 is 14.8 Å². The van der Waals surface area contributed by atoms with Crippen LogP contribution in [0.2, 0.25) is 0 Å². The summed E-state index contributed by atoms with van der Waals surface area (Å²) in [5.74, 6) is 0.652. The van der Waals surface area contributed by atoms with Gasteiger partial charge in [-0.2, -0.15) is 0 Å². The number of benzene rings is 1. The smallest absolute Gasteiger partial charge is 0.269 e. The van der Waals surface area contributed by atoms with Crippen LogP contribution in [0.1, 0.15) is 13.8 Å². The number of nitro benzene ring substituents is 1. The van der Waals surface area contributed by atoms with Gasteiger partial charge in [-0.1, -0.05) is 6.92 Å². The first-order valence-electron chi connectivity index (χ1n) is 6.52. The Morgan fingerprint density at radius 2 is 1.90 bits per heavy atom. The molecule has 1 saturated heterocycles. The van der Waals surface area contributed by atoms with Crippen molar-refractivity contribution in [1.82, 2.24) is 4.90 Å². The van der Waals surface area contributed by atoms with E-state index in [0.29, 0.717) is 18.5 Å². The zero-order chi connectivity index (χ0) is 14.9. The molecule has 1 aromatic rings. The summed E-state index contributed by atoms with van der Waals surface area (Å²) in [6.45, 7) is 5.67. The Hall–Kier alpha value is -1.47. The molecular weight excluding hydrogens is 280 g/mol. The summed E-state index contributed by atoms with van der Waals surface area (Å²) in [6.07, 6.45) is 0. The Morgan fingerprint density at radius 1 is 1.30 bits per heavy atom. The summed E-state index contributed by atoms with van der Waals surface area (Å²) in [6, 6.07) is 5.47. The Labute approximate surface area is 118 Å². The third kappa shape index (κ3) is 2.99. The monoisotopic (exact) mass is 298 g/mol. The molecule has 6 nitrogen and oxygen atoms in total. The van der Waals surface area contributed by atoms with E-state index in [1.54, 1.807) is 0 Å². The molecular formula is C13H18N2O4S. The van der Waals surface area contributed by atoms with Gasteiger partial charge in [-0.15, -0.1) is 0 Å². The molecule has 1 fully saturated rings. The van der Waals surface area contributed by atoms with Crippen molar-refractivity contribution in [1.29, 1.82) is 0 Å². The van der Waals surface area contributed by atoms with Crippen LogP contribution in [-0.4, -0.2) is 43.1 Å². The van der Waals surface area contributed by atoms with Crippen molar-refractivity contribution in [3.8, 4) is 0 Å². The quantitative estimate of drug-likeness (QED) is 0.610. The highest BCUT2D eigenvalue weighted by molar-refractivity contribution is 7.91. The van der Waals surface area contributed by atoms with E-state index in [2.05, 4.69) is 18.7 Å². The van der Waals surface area contributed by atoms with Crippen LogP contribution in [0.25, 0.3) is 0 Å². The lowest BCUT2D eigenvalue weighted by atomic mass is 9.92. The fourth-order valence-electron chi connectivity index (χ4n) is 2.34. The summed E-state index contributed by atoms with van der Waals surface area (Å²) in [5.41, 5.74) is -0.103. The van der Waals surface area contributed by atoms with Gasteiger partial charge in [0.25, 0.3) is 5.69 Å². The predicted octanol–water partition coefficient (Wildman–Crippen LogP) is 1.71. The van der Waals surface area contributed by atoms with Crippen molar-refractivity contribution in [2.75, 3.05) is 18.8 Å². The van der Waals surface area contributed by atoms with Crippen molar-refractivity contribution in [3.63, 3.8) is 0 Å². The van der Waals surface area contributed by atoms with Crippen molar-refractivity contribution in [2.45, 2.75) is 24.8 Å². The molecule has 1 aliphatic rings. The van der Waals surface area contributed by atoms with Gasteiger partial charge in [0, 0.05) is 31.3 Å². The number of nitro groups is 1. The van der Waals surface area contributed by atoms with E-state index in [0.717, 1.165) is 6.54 Å². The Bertz CT molecular complexity index is 597. The zero-order valence-corrected chi connectivity index (χ0v) is 12.3. The van der Waals surface area contributed by atoms with Crippen LogP contribution < -0.4 is 0 Å². The Kier molecular flexibility index (Phi) is 4.10. The van der Waals surface area contributed by atoms with Crippen LogP contribution in [0.3, 0.4) is 0 Å². The minimum atomic E-state index is -3.38. The van der Waals surface area contributed by atoms with Gasteiger partial charge in [0.15, 0.2) is 9.84 Å². The third-order valence-electron chi connectivity index (χ3n) is 3.98. The highest BCUT2D eigenvalue weighted by Gasteiger charge is 2.32. The molecule has 7 heteroatoms. The van der Waals surface area contributed by atoms with Crippen LogP contribution in [0.5, 0.6) is 0 Å². The van der Waals surface area contributed by atoms with Gasteiger partial charge in [-0.05, 0) is 25.0 Å². The molecule has 0 N–H and O–H groups in total. The van der Waals surface area contributed by atoms with E-state index in [-0.39, 0.29) is 16.3 Å². The van der Waals surface area contributed by atoms with Gasteiger partial charge in [-0.3, -0.25) is 15.0 Å². The average molecular weight is 298 g/mol. The number of hydrogen-bond donors (Lipinski definition) is 0. The van der Waals surface area contributed by atoms with Crippen LogP contribution in [0.4, 0.5) is 5.69 Å². The third-order valence-corrected chi connectivity index (χ3v) is 5.69. The second-order valence-electron chi connectivity index (χ2n) is 5.28. The molecule has 1 aromatic carbocycles. The molecule has 20 heavy (non-hydrogen) atoms. The first-order chi connectivity index (χ1) is 9.31. The maximum atomic E-state index is 12.1. The zero-order valence-electron chi connectivity index (χ0n) is 11.5. The van der Waals surface area contributed by atoms with Crippen molar-refractivity contribution in [2.24, 2.45) is 5.92 Å². The lowest BCUT2D eigenvalue weighted by molar-refractivity contribution is -0.384. The van der Waals surface area contributed by atoms with Crippen LogP contribution in [0, 0.1) is 16.0 Å². The molecule has 1 heterocycles.